The number of benzene rings is 3. The SMILES string of the molecule is CCOC(=O)CCN(Cc1ccccc1)C(=O)c1ccc2c(c1)nc(C(Cl)=Nc1ccc(C#N)cc1)n2C. The van der Waals surface area contributed by atoms with E-state index < -0.39 is 0 Å². The third-order valence-corrected chi connectivity index (χ3v) is 6.18. The largest absolute Gasteiger partial charge is 0.466 e. The fourth-order valence-corrected chi connectivity index (χ4v) is 4.26. The number of nitrogens with zero attached hydrogens (tertiary/aromatic N) is 5. The van der Waals surface area contributed by atoms with Crippen LogP contribution >= 0.6 is 11.6 Å². The lowest BCUT2D eigenvalue weighted by Crippen LogP contribution is -2.33. The number of rotatable bonds is 9. The molecular weight excluding hydrogens is 502 g/mol. The summed E-state index contributed by atoms with van der Waals surface area (Å²) in [6.45, 7) is 2.62. The standard InChI is InChI=1S/C29H26ClN5O3/c1-3-38-26(36)15-16-35(19-21-7-5-4-6-8-21)29(37)22-11-14-25-24(17-22)33-28(34(25)2)27(30)32-23-12-9-20(18-31)10-13-23/h4-14,17H,3,15-16,19H2,1-2H3. The van der Waals surface area contributed by atoms with Crippen LogP contribution in [0.25, 0.3) is 11.0 Å². The number of carbonyl (C=O) groups excluding carboxylic acids is 2. The molecule has 0 atom stereocenters. The maximum absolute atomic E-state index is 13.5. The molecule has 0 saturated carbocycles. The summed E-state index contributed by atoms with van der Waals surface area (Å²) in [7, 11) is 1.82. The van der Waals surface area contributed by atoms with E-state index in [0.717, 1.165) is 11.1 Å². The van der Waals surface area contributed by atoms with Crippen LogP contribution in [0.5, 0.6) is 0 Å². The van der Waals surface area contributed by atoms with E-state index >= 15 is 0 Å². The molecule has 8 nitrogen and oxygen atoms in total. The van der Waals surface area contributed by atoms with Gasteiger partial charge in [-0.05, 0) is 55.0 Å². The highest BCUT2D eigenvalue weighted by Crippen LogP contribution is 2.22. The van der Waals surface area contributed by atoms with Gasteiger partial charge in [-0.2, -0.15) is 5.26 Å². The normalized spacial score (nSPS) is 11.3. The lowest BCUT2D eigenvalue weighted by molar-refractivity contribution is -0.143. The molecule has 1 heterocycles. The lowest BCUT2D eigenvalue weighted by Gasteiger charge is -2.22. The zero-order valence-corrected chi connectivity index (χ0v) is 21.9. The zero-order chi connectivity index (χ0) is 27.1. The molecule has 0 spiro atoms. The molecule has 4 aromatic rings. The van der Waals surface area contributed by atoms with Gasteiger partial charge in [0.1, 0.15) is 0 Å². The van der Waals surface area contributed by atoms with Crippen LogP contribution in [-0.2, 0) is 23.1 Å². The third-order valence-electron chi connectivity index (χ3n) is 5.93. The second-order valence-corrected chi connectivity index (χ2v) is 8.88. The molecule has 1 aromatic heterocycles. The fraction of sp³-hybridized carbons (Fsp3) is 0.207. The molecule has 0 bridgehead atoms. The van der Waals surface area contributed by atoms with Gasteiger partial charge in [-0.25, -0.2) is 9.98 Å². The van der Waals surface area contributed by atoms with E-state index in [2.05, 4.69) is 16.0 Å². The summed E-state index contributed by atoms with van der Waals surface area (Å²) < 4.78 is 6.86. The Kier molecular flexibility index (Phi) is 8.51. The number of hydrogen-bond donors (Lipinski definition) is 0. The lowest BCUT2D eigenvalue weighted by atomic mass is 10.1. The van der Waals surface area contributed by atoms with Crippen LogP contribution in [0.1, 0.15) is 40.7 Å². The van der Waals surface area contributed by atoms with Gasteiger partial charge >= 0.3 is 5.97 Å². The maximum atomic E-state index is 13.5. The molecule has 0 unspecified atom stereocenters. The minimum Gasteiger partial charge on any atom is -0.466 e. The van der Waals surface area contributed by atoms with Gasteiger partial charge in [0.15, 0.2) is 11.0 Å². The van der Waals surface area contributed by atoms with Gasteiger partial charge in [0.05, 0.1) is 41.4 Å². The highest BCUT2D eigenvalue weighted by Gasteiger charge is 2.20. The average molecular weight is 528 g/mol. The van der Waals surface area contributed by atoms with Crippen molar-refractivity contribution in [3.8, 4) is 6.07 Å². The number of nitriles is 1. The first-order valence-electron chi connectivity index (χ1n) is 12.1. The Labute approximate surface area is 225 Å². The van der Waals surface area contributed by atoms with E-state index in [9.17, 15) is 9.59 Å². The first-order valence-corrected chi connectivity index (χ1v) is 12.5. The van der Waals surface area contributed by atoms with Crippen molar-refractivity contribution in [1.29, 1.82) is 5.26 Å². The van der Waals surface area contributed by atoms with Gasteiger partial charge in [0, 0.05) is 25.7 Å². The number of aliphatic imine (C=N–C) groups is 1. The smallest absolute Gasteiger partial charge is 0.307 e. The third kappa shape index (κ3) is 6.25. The molecule has 0 aliphatic carbocycles. The highest BCUT2D eigenvalue weighted by atomic mass is 35.5. The summed E-state index contributed by atoms with van der Waals surface area (Å²) in [5, 5.41) is 9.16. The number of esters is 1. The van der Waals surface area contributed by atoms with Gasteiger partial charge in [-0.1, -0.05) is 41.9 Å². The number of fused-ring (bicyclic) bond motifs is 1. The van der Waals surface area contributed by atoms with Crippen LogP contribution in [0.2, 0.25) is 0 Å². The van der Waals surface area contributed by atoms with Crippen LogP contribution in [0, 0.1) is 11.3 Å². The predicted molar refractivity (Wildman–Crippen MR) is 146 cm³/mol. The van der Waals surface area contributed by atoms with Crippen LogP contribution in [0.3, 0.4) is 0 Å². The van der Waals surface area contributed by atoms with Crippen LogP contribution in [0.15, 0.2) is 77.8 Å². The van der Waals surface area contributed by atoms with Crippen molar-refractivity contribution in [3.05, 3.63) is 95.3 Å². The topological polar surface area (TPSA) is 101 Å². The maximum Gasteiger partial charge on any atom is 0.307 e. The number of imidazole rings is 1. The molecule has 0 radical (unpaired) electrons. The number of halogens is 1. The van der Waals surface area contributed by atoms with Gasteiger partial charge in [0.25, 0.3) is 5.91 Å². The molecule has 0 saturated heterocycles. The molecule has 0 fully saturated rings. The number of carbonyl (C=O) groups is 2. The summed E-state index contributed by atoms with van der Waals surface area (Å²) in [5.41, 5.74) is 3.90. The van der Waals surface area contributed by atoms with Gasteiger partial charge in [-0.15, -0.1) is 0 Å². The average Bonchev–Trinajstić information content (AvgIpc) is 3.27. The molecule has 0 N–H and O–H groups in total. The Morgan fingerprint density at radius 1 is 1.11 bits per heavy atom. The second kappa shape index (κ2) is 12.2. The van der Waals surface area contributed by atoms with E-state index in [0.29, 0.717) is 41.3 Å². The summed E-state index contributed by atoms with van der Waals surface area (Å²) in [6, 6.07) is 23.7. The molecular formula is C29H26ClN5O3. The molecule has 4 rings (SSSR count). The van der Waals surface area contributed by atoms with Crippen molar-refractivity contribution >= 4 is 45.4 Å². The van der Waals surface area contributed by atoms with E-state index in [4.69, 9.17) is 21.6 Å². The number of aryl methyl sites for hydroxylation is 1. The number of ether oxygens (including phenoxy) is 1. The predicted octanol–water partition coefficient (Wildman–Crippen LogP) is 5.36. The summed E-state index contributed by atoms with van der Waals surface area (Å²) >= 11 is 6.51. The van der Waals surface area contributed by atoms with Crippen molar-refractivity contribution in [2.75, 3.05) is 13.2 Å². The van der Waals surface area contributed by atoms with E-state index in [-0.39, 0.29) is 30.0 Å². The van der Waals surface area contributed by atoms with Gasteiger partial charge < -0.3 is 14.2 Å². The van der Waals surface area contributed by atoms with Crippen LogP contribution in [-0.4, -0.2) is 44.6 Å². The fourth-order valence-electron chi connectivity index (χ4n) is 3.99. The number of amides is 1. The Morgan fingerprint density at radius 2 is 1.84 bits per heavy atom. The first-order chi connectivity index (χ1) is 18.4. The van der Waals surface area contributed by atoms with E-state index in [1.165, 1.54) is 0 Å². The highest BCUT2D eigenvalue weighted by molar-refractivity contribution is 6.69. The van der Waals surface area contributed by atoms with Crippen LogP contribution in [0.4, 0.5) is 5.69 Å². The molecule has 192 valence electrons. The van der Waals surface area contributed by atoms with Crippen molar-refractivity contribution in [1.82, 2.24) is 14.5 Å². The van der Waals surface area contributed by atoms with Gasteiger partial charge in [0.2, 0.25) is 0 Å². The molecule has 0 aliphatic heterocycles. The van der Waals surface area contributed by atoms with E-state index in [1.807, 2.05) is 48.0 Å². The zero-order valence-electron chi connectivity index (χ0n) is 21.1. The second-order valence-electron chi connectivity index (χ2n) is 8.53. The van der Waals surface area contributed by atoms with E-state index in [1.54, 1.807) is 48.2 Å². The Hall–Kier alpha value is -4.48. The molecule has 38 heavy (non-hydrogen) atoms. The monoisotopic (exact) mass is 527 g/mol. The summed E-state index contributed by atoms with van der Waals surface area (Å²) in [5.74, 6) is -0.122. The summed E-state index contributed by atoms with van der Waals surface area (Å²) in [6.07, 6.45) is 0.101. The minimum atomic E-state index is -0.348. The number of aromatic nitrogens is 2. The first kappa shape index (κ1) is 26.6. The Morgan fingerprint density at radius 3 is 2.53 bits per heavy atom. The van der Waals surface area contributed by atoms with Gasteiger partial charge in [-0.3, -0.25) is 9.59 Å². The quantitative estimate of drug-likeness (QED) is 0.215. The molecule has 3 aromatic carbocycles. The van der Waals surface area contributed by atoms with Crippen molar-refractivity contribution in [2.45, 2.75) is 19.9 Å². The summed E-state index contributed by atoms with van der Waals surface area (Å²) in [4.78, 5) is 36.2. The van der Waals surface area contributed by atoms with Crippen molar-refractivity contribution in [2.24, 2.45) is 12.0 Å². The van der Waals surface area contributed by atoms with Crippen molar-refractivity contribution in [3.63, 3.8) is 0 Å². The molecule has 1 amide bonds. The van der Waals surface area contributed by atoms with Crippen molar-refractivity contribution < 1.29 is 14.3 Å². The van der Waals surface area contributed by atoms with Crippen LogP contribution < -0.4 is 0 Å². The Balaban J connectivity index is 1.61. The number of hydrogen-bond acceptors (Lipinski definition) is 6. The molecule has 9 heteroatoms. The minimum absolute atomic E-state index is 0.101. The molecule has 0 aliphatic rings. The Bertz CT molecular complexity index is 1520.